The highest BCUT2D eigenvalue weighted by Crippen LogP contribution is 2.28. The molecule has 0 aliphatic heterocycles. The molecular weight excluding hydrogens is 284 g/mol. The Kier molecular flexibility index (Phi) is 9.45. The zero-order valence-electron chi connectivity index (χ0n) is 14.5. The molecule has 1 aliphatic carbocycles. The van der Waals surface area contributed by atoms with E-state index in [9.17, 15) is 14.4 Å². The SMILES string of the molecule is CC.COC(=O)CNC(=O)C1(NC(=O)C(C)C)CCCCC1. The normalized spacial score (nSPS) is 16.1. The van der Waals surface area contributed by atoms with Crippen LogP contribution in [0.2, 0.25) is 0 Å². The molecule has 6 nitrogen and oxygen atoms in total. The predicted molar refractivity (Wildman–Crippen MR) is 85.2 cm³/mol. The van der Waals surface area contributed by atoms with E-state index in [0.29, 0.717) is 12.8 Å². The maximum atomic E-state index is 12.4. The Hall–Kier alpha value is -1.59. The van der Waals surface area contributed by atoms with Crippen LogP contribution in [0.15, 0.2) is 0 Å². The molecule has 1 fully saturated rings. The van der Waals surface area contributed by atoms with Gasteiger partial charge in [0.05, 0.1) is 7.11 Å². The summed E-state index contributed by atoms with van der Waals surface area (Å²) < 4.78 is 4.50. The molecule has 6 heteroatoms. The van der Waals surface area contributed by atoms with Crippen LogP contribution >= 0.6 is 0 Å². The Morgan fingerprint density at radius 3 is 2.09 bits per heavy atom. The van der Waals surface area contributed by atoms with E-state index in [1.54, 1.807) is 13.8 Å². The van der Waals surface area contributed by atoms with E-state index in [-0.39, 0.29) is 24.3 Å². The summed E-state index contributed by atoms with van der Waals surface area (Å²) in [6, 6.07) is 0. The molecular formula is C16H30N2O4. The van der Waals surface area contributed by atoms with E-state index in [4.69, 9.17) is 0 Å². The van der Waals surface area contributed by atoms with Gasteiger partial charge in [-0.3, -0.25) is 14.4 Å². The van der Waals surface area contributed by atoms with Crippen LogP contribution in [0.5, 0.6) is 0 Å². The third kappa shape index (κ3) is 6.03. The van der Waals surface area contributed by atoms with Gasteiger partial charge in [0.15, 0.2) is 0 Å². The van der Waals surface area contributed by atoms with E-state index in [2.05, 4.69) is 15.4 Å². The molecule has 1 rings (SSSR count). The lowest BCUT2D eigenvalue weighted by atomic mass is 9.80. The second-order valence-corrected chi connectivity index (χ2v) is 5.55. The topological polar surface area (TPSA) is 84.5 Å². The average molecular weight is 314 g/mol. The van der Waals surface area contributed by atoms with Crippen molar-refractivity contribution in [2.45, 2.75) is 65.3 Å². The third-order valence-corrected chi connectivity index (χ3v) is 3.65. The lowest BCUT2D eigenvalue weighted by Gasteiger charge is -2.37. The van der Waals surface area contributed by atoms with Gasteiger partial charge in [-0.15, -0.1) is 0 Å². The van der Waals surface area contributed by atoms with E-state index in [0.717, 1.165) is 19.3 Å². The van der Waals surface area contributed by atoms with Crippen molar-refractivity contribution in [2.24, 2.45) is 5.92 Å². The van der Waals surface area contributed by atoms with Crippen molar-refractivity contribution in [1.29, 1.82) is 0 Å². The molecule has 2 amide bonds. The number of rotatable bonds is 5. The summed E-state index contributed by atoms with van der Waals surface area (Å²) in [7, 11) is 1.27. The summed E-state index contributed by atoms with van der Waals surface area (Å²) in [5, 5.41) is 5.43. The molecule has 2 N–H and O–H groups in total. The van der Waals surface area contributed by atoms with Gasteiger partial charge in [-0.05, 0) is 12.8 Å². The molecule has 0 unspecified atom stereocenters. The number of hydrogen-bond acceptors (Lipinski definition) is 4. The number of amides is 2. The lowest BCUT2D eigenvalue weighted by Crippen LogP contribution is -2.60. The first-order valence-corrected chi connectivity index (χ1v) is 8.08. The first-order chi connectivity index (χ1) is 10.4. The maximum absolute atomic E-state index is 12.4. The van der Waals surface area contributed by atoms with Crippen LogP contribution in [0, 0.1) is 5.92 Å². The summed E-state index contributed by atoms with van der Waals surface area (Å²) in [6.45, 7) is 7.41. The molecule has 0 atom stereocenters. The molecule has 1 aliphatic rings. The van der Waals surface area contributed by atoms with Gasteiger partial charge in [0.1, 0.15) is 12.1 Å². The van der Waals surface area contributed by atoms with Crippen molar-refractivity contribution in [2.75, 3.05) is 13.7 Å². The molecule has 1 saturated carbocycles. The van der Waals surface area contributed by atoms with Gasteiger partial charge in [-0.1, -0.05) is 47.0 Å². The van der Waals surface area contributed by atoms with E-state index >= 15 is 0 Å². The fourth-order valence-electron chi connectivity index (χ4n) is 2.34. The third-order valence-electron chi connectivity index (χ3n) is 3.65. The van der Waals surface area contributed by atoms with Crippen LogP contribution in [-0.4, -0.2) is 37.0 Å². The quantitative estimate of drug-likeness (QED) is 0.758. The summed E-state index contributed by atoms with van der Waals surface area (Å²) in [6.07, 6.45) is 4.06. The van der Waals surface area contributed by atoms with E-state index < -0.39 is 11.5 Å². The molecule has 128 valence electrons. The van der Waals surface area contributed by atoms with Gasteiger partial charge in [0.2, 0.25) is 11.8 Å². The molecule has 0 heterocycles. The van der Waals surface area contributed by atoms with Crippen molar-refractivity contribution in [1.82, 2.24) is 10.6 Å². The molecule has 0 aromatic heterocycles. The molecule has 0 radical (unpaired) electrons. The second-order valence-electron chi connectivity index (χ2n) is 5.55. The van der Waals surface area contributed by atoms with Gasteiger partial charge >= 0.3 is 5.97 Å². The Balaban J connectivity index is 0.00000211. The Bertz CT molecular complexity index is 374. The number of esters is 1. The van der Waals surface area contributed by atoms with Crippen LogP contribution in [-0.2, 0) is 19.1 Å². The highest BCUT2D eigenvalue weighted by Gasteiger charge is 2.41. The minimum atomic E-state index is -0.881. The van der Waals surface area contributed by atoms with Gasteiger partial charge < -0.3 is 15.4 Å². The summed E-state index contributed by atoms with van der Waals surface area (Å²) >= 11 is 0. The number of methoxy groups -OCH3 is 1. The van der Waals surface area contributed by atoms with Crippen LogP contribution in [0.25, 0.3) is 0 Å². The van der Waals surface area contributed by atoms with Crippen molar-refractivity contribution >= 4 is 17.8 Å². The number of carbonyl (C=O) groups excluding carboxylic acids is 3. The van der Waals surface area contributed by atoms with Crippen LogP contribution in [0.3, 0.4) is 0 Å². The lowest BCUT2D eigenvalue weighted by molar-refractivity contribution is -0.143. The van der Waals surface area contributed by atoms with E-state index in [1.165, 1.54) is 7.11 Å². The standard InChI is InChI=1S/C14H24N2O4.C2H6/c1-10(2)12(18)16-14(7-5-4-6-8-14)13(19)15-9-11(17)20-3;1-2/h10H,4-9H2,1-3H3,(H,15,19)(H,16,18);1-2H3. The minimum Gasteiger partial charge on any atom is -0.468 e. The minimum absolute atomic E-state index is 0.139. The molecule has 0 bridgehead atoms. The first kappa shape index (κ1) is 20.4. The Morgan fingerprint density at radius 2 is 1.64 bits per heavy atom. The number of nitrogens with one attached hydrogen (secondary N) is 2. The maximum Gasteiger partial charge on any atom is 0.325 e. The highest BCUT2D eigenvalue weighted by atomic mass is 16.5. The largest absolute Gasteiger partial charge is 0.468 e. The first-order valence-electron chi connectivity index (χ1n) is 8.08. The second kappa shape index (κ2) is 10.2. The van der Waals surface area contributed by atoms with Gasteiger partial charge in [-0.25, -0.2) is 0 Å². The predicted octanol–water partition coefficient (Wildman–Crippen LogP) is 1.78. The van der Waals surface area contributed by atoms with Gasteiger partial charge in [-0.2, -0.15) is 0 Å². The van der Waals surface area contributed by atoms with Gasteiger partial charge in [0.25, 0.3) is 0 Å². The zero-order chi connectivity index (χ0) is 17.2. The zero-order valence-corrected chi connectivity index (χ0v) is 14.5. The fourth-order valence-corrected chi connectivity index (χ4v) is 2.34. The number of ether oxygens (including phenoxy) is 1. The van der Waals surface area contributed by atoms with Crippen molar-refractivity contribution in [3.05, 3.63) is 0 Å². The molecule has 0 spiro atoms. The summed E-state index contributed by atoms with van der Waals surface area (Å²) in [5.41, 5.74) is -0.881. The summed E-state index contributed by atoms with van der Waals surface area (Å²) in [4.78, 5) is 35.4. The fraction of sp³-hybridized carbons (Fsp3) is 0.812. The smallest absolute Gasteiger partial charge is 0.325 e. The monoisotopic (exact) mass is 314 g/mol. The van der Waals surface area contributed by atoms with Gasteiger partial charge in [0, 0.05) is 5.92 Å². The molecule has 22 heavy (non-hydrogen) atoms. The molecule has 0 aromatic rings. The van der Waals surface area contributed by atoms with Crippen molar-refractivity contribution in [3.63, 3.8) is 0 Å². The highest BCUT2D eigenvalue weighted by molar-refractivity contribution is 5.93. The Morgan fingerprint density at radius 1 is 1.09 bits per heavy atom. The average Bonchev–Trinajstić information content (AvgIpc) is 2.54. The molecule has 0 saturated heterocycles. The van der Waals surface area contributed by atoms with Crippen molar-refractivity contribution in [3.8, 4) is 0 Å². The van der Waals surface area contributed by atoms with Crippen LogP contribution in [0.1, 0.15) is 59.8 Å². The van der Waals surface area contributed by atoms with E-state index in [1.807, 2.05) is 13.8 Å². The molecule has 0 aromatic carbocycles. The van der Waals surface area contributed by atoms with Crippen molar-refractivity contribution < 1.29 is 19.1 Å². The number of hydrogen-bond donors (Lipinski definition) is 2. The Labute approximate surface area is 133 Å². The van der Waals surface area contributed by atoms with Crippen LogP contribution < -0.4 is 10.6 Å². The number of carbonyl (C=O) groups is 3. The summed E-state index contributed by atoms with van der Waals surface area (Å²) in [5.74, 6) is -1.11. The van der Waals surface area contributed by atoms with Crippen LogP contribution in [0.4, 0.5) is 0 Å².